The van der Waals surface area contributed by atoms with E-state index in [-0.39, 0.29) is 29.7 Å². The topological polar surface area (TPSA) is 69.6 Å². The summed E-state index contributed by atoms with van der Waals surface area (Å²) in [5.41, 5.74) is -0.372. The fraction of sp³-hybridized carbons (Fsp3) is 0.857. The van der Waals surface area contributed by atoms with Crippen molar-refractivity contribution in [3.05, 3.63) is 0 Å². The molecule has 2 N–H and O–H groups in total. The molecule has 2 atom stereocenters. The van der Waals surface area contributed by atoms with Crippen molar-refractivity contribution in [2.45, 2.75) is 46.6 Å². The zero-order valence-corrected chi connectivity index (χ0v) is 12.4. The molecule has 5 nitrogen and oxygen atoms in total. The van der Waals surface area contributed by atoms with E-state index < -0.39 is 5.97 Å². The van der Waals surface area contributed by atoms with Gasteiger partial charge >= 0.3 is 5.97 Å². The molecule has 1 aliphatic rings. The molecule has 0 radical (unpaired) electrons. The van der Waals surface area contributed by atoms with Gasteiger partial charge in [-0.15, -0.1) is 0 Å². The van der Waals surface area contributed by atoms with E-state index >= 15 is 0 Å². The summed E-state index contributed by atoms with van der Waals surface area (Å²) in [6.07, 6.45) is 0.834. The zero-order chi connectivity index (χ0) is 14.6. The van der Waals surface area contributed by atoms with Crippen LogP contribution in [0.5, 0.6) is 0 Å². The van der Waals surface area contributed by atoms with Crippen molar-refractivity contribution in [2.75, 3.05) is 19.6 Å². The Morgan fingerprint density at radius 2 is 2.00 bits per heavy atom. The molecule has 1 amide bonds. The van der Waals surface area contributed by atoms with Crippen LogP contribution in [0.2, 0.25) is 0 Å². The summed E-state index contributed by atoms with van der Waals surface area (Å²) in [6.45, 7) is 9.97. The third-order valence-electron chi connectivity index (χ3n) is 4.32. The monoisotopic (exact) mass is 270 g/mol. The summed E-state index contributed by atoms with van der Waals surface area (Å²) in [7, 11) is 0. The SMILES string of the molecule is CCN(C(=O)C1(C(C)C)CCNC1)C(C)CC(=O)O. The maximum atomic E-state index is 12.9. The maximum absolute atomic E-state index is 12.9. The van der Waals surface area contributed by atoms with Crippen LogP contribution in [0.3, 0.4) is 0 Å². The lowest BCUT2D eigenvalue weighted by atomic mass is 9.75. The minimum absolute atomic E-state index is 0.00117. The molecule has 0 bridgehead atoms. The smallest absolute Gasteiger partial charge is 0.305 e. The Bertz CT molecular complexity index is 336. The number of hydrogen-bond donors (Lipinski definition) is 2. The van der Waals surface area contributed by atoms with Gasteiger partial charge in [0.1, 0.15) is 0 Å². The predicted molar refractivity (Wildman–Crippen MR) is 73.9 cm³/mol. The van der Waals surface area contributed by atoms with Gasteiger partial charge in [-0.1, -0.05) is 13.8 Å². The van der Waals surface area contributed by atoms with Crippen LogP contribution in [0.25, 0.3) is 0 Å². The second kappa shape index (κ2) is 6.37. The van der Waals surface area contributed by atoms with Gasteiger partial charge in [-0.3, -0.25) is 9.59 Å². The van der Waals surface area contributed by atoms with Crippen LogP contribution in [-0.2, 0) is 9.59 Å². The largest absolute Gasteiger partial charge is 0.481 e. The average Bonchev–Trinajstić information content (AvgIpc) is 2.78. The Labute approximate surface area is 115 Å². The molecule has 0 aromatic carbocycles. The Kier molecular flexibility index (Phi) is 5.35. The van der Waals surface area contributed by atoms with Crippen molar-refractivity contribution < 1.29 is 14.7 Å². The van der Waals surface area contributed by atoms with E-state index in [4.69, 9.17) is 5.11 Å². The zero-order valence-electron chi connectivity index (χ0n) is 12.4. The summed E-state index contributed by atoms with van der Waals surface area (Å²) in [4.78, 5) is 25.4. The summed E-state index contributed by atoms with van der Waals surface area (Å²) in [5, 5.41) is 12.2. The second-order valence-corrected chi connectivity index (χ2v) is 5.78. The van der Waals surface area contributed by atoms with Crippen LogP contribution < -0.4 is 5.32 Å². The molecule has 1 heterocycles. The molecular weight excluding hydrogens is 244 g/mol. The number of nitrogens with zero attached hydrogens (tertiary/aromatic N) is 1. The Morgan fingerprint density at radius 1 is 1.37 bits per heavy atom. The fourth-order valence-corrected chi connectivity index (χ4v) is 2.94. The number of hydrogen-bond acceptors (Lipinski definition) is 3. The molecule has 0 aliphatic carbocycles. The first-order chi connectivity index (χ1) is 8.85. The number of amides is 1. The van der Waals surface area contributed by atoms with E-state index in [9.17, 15) is 9.59 Å². The van der Waals surface area contributed by atoms with Crippen LogP contribution in [0.1, 0.15) is 40.5 Å². The molecule has 0 aromatic rings. The number of rotatable bonds is 6. The molecule has 19 heavy (non-hydrogen) atoms. The van der Waals surface area contributed by atoms with Crippen molar-refractivity contribution >= 4 is 11.9 Å². The lowest BCUT2D eigenvalue weighted by molar-refractivity contribution is -0.147. The highest BCUT2D eigenvalue weighted by Crippen LogP contribution is 2.36. The van der Waals surface area contributed by atoms with Crippen LogP contribution in [-0.4, -0.2) is 47.6 Å². The number of nitrogens with one attached hydrogen (secondary N) is 1. The molecule has 1 aliphatic heterocycles. The third-order valence-corrected chi connectivity index (χ3v) is 4.32. The van der Waals surface area contributed by atoms with Crippen molar-refractivity contribution in [1.82, 2.24) is 10.2 Å². The second-order valence-electron chi connectivity index (χ2n) is 5.78. The summed E-state index contributed by atoms with van der Waals surface area (Å²) >= 11 is 0. The van der Waals surface area contributed by atoms with Gasteiger partial charge in [0.05, 0.1) is 11.8 Å². The highest BCUT2D eigenvalue weighted by molar-refractivity contribution is 5.84. The van der Waals surface area contributed by atoms with Crippen molar-refractivity contribution in [2.24, 2.45) is 11.3 Å². The Morgan fingerprint density at radius 3 is 2.37 bits per heavy atom. The molecule has 1 saturated heterocycles. The minimum atomic E-state index is -0.859. The number of carbonyl (C=O) groups is 2. The molecule has 1 rings (SSSR count). The lowest BCUT2D eigenvalue weighted by Crippen LogP contribution is -2.51. The van der Waals surface area contributed by atoms with Gasteiger partial charge in [-0.2, -0.15) is 0 Å². The van der Waals surface area contributed by atoms with Gasteiger partial charge in [0.15, 0.2) is 0 Å². The molecule has 0 saturated carbocycles. The van der Waals surface area contributed by atoms with Crippen LogP contribution in [0, 0.1) is 11.3 Å². The molecule has 5 heteroatoms. The third kappa shape index (κ3) is 3.26. The first-order valence-electron chi connectivity index (χ1n) is 7.08. The van der Waals surface area contributed by atoms with Gasteiger partial charge in [0, 0.05) is 19.1 Å². The van der Waals surface area contributed by atoms with Gasteiger partial charge in [0.2, 0.25) is 5.91 Å². The van der Waals surface area contributed by atoms with Crippen molar-refractivity contribution in [3.63, 3.8) is 0 Å². The van der Waals surface area contributed by atoms with Crippen LogP contribution in [0.4, 0.5) is 0 Å². The van der Waals surface area contributed by atoms with Gasteiger partial charge in [-0.25, -0.2) is 0 Å². The first-order valence-corrected chi connectivity index (χ1v) is 7.08. The average molecular weight is 270 g/mol. The molecule has 0 aromatic heterocycles. The first kappa shape index (κ1) is 16.0. The van der Waals surface area contributed by atoms with Gasteiger partial charge in [-0.05, 0) is 32.7 Å². The quantitative estimate of drug-likeness (QED) is 0.764. The van der Waals surface area contributed by atoms with E-state index in [1.54, 1.807) is 4.90 Å². The molecular formula is C14H26N2O3. The van der Waals surface area contributed by atoms with E-state index in [1.165, 1.54) is 0 Å². The van der Waals surface area contributed by atoms with E-state index in [2.05, 4.69) is 19.2 Å². The van der Waals surface area contributed by atoms with Crippen molar-refractivity contribution in [3.8, 4) is 0 Å². The summed E-state index contributed by atoms with van der Waals surface area (Å²) < 4.78 is 0. The van der Waals surface area contributed by atoms with E-state index in [0.29, 0.717) is 13.1 Å². The number of aliphatic carboxylic acids is 1. The standard InChI is InChI=1S/C14H26N2O3/c1-5-16(11(4)8-12(17)18)13(19)14(10(2)3)6-7-15-9-14/h10-11,15H,5-9H2,1-4H3,(H,17,18). The minimum Gasteiger partial charge on any atom is -0.481 e. The van der Waals surface area contributed by atoms with Gasteiger partial charge < -0.3 is 15.3 Å². The molecule has 1 fully saturated rings. The molecule has 0 spiro atoms. The van der Waals surface area contributed by atoms with E-state index in [0.717, 1.165) is 13.0 Å². The number of carbonyl (C=O) groups excluding carboxylic acids is 1. The van der Waals surface area contributed by atoms with Crippen molar-refractivity contribution in [1.29, 1.82) is 0 Å². The molecule has 2 unspecified atom stereocenters. The highest BCUT2D eigenvalue weighted by Gasteiger charge is 2.46. The number of carboxylic acid groups (broad SMARTS) is 1. The van der Waals surface area contributed by atoms with E-state index in [1.807, 2.05) is 13.8 Å². The normalized spacial score (nSPS) is 24.5. The summed E-state index contributed by atoms with van der Waals surface area (Å²) in [6, 6.07) is -0.258. The number of carboxylic acids is 1. The highest BCUT2D eigenvalue weighted by atomic mass is 16.4. The predicted octanol–water partition coefficient (Wildman–Crippen LogP) is 1.33. The molecule has 110 valence electrons. The lowest BCUT2D eigenvalue weighted by Gasteiger charge is -2.39. The van der Waals surface area contributed by atoms with Crippen LogP contribution >= 0.6 is 0 Å². The maximum Gasteiger partial charge on any atom is 0.305 e. The van der Waals surface area contributed by atoms with Gasteiger partial charge in [0.25, 0.3) is 0 Å². The Hall–Kier alpha value is -1.10. The Balaban J connectivity index is 2.90. The van der Waals surface area contributed by atoms with Crippen LogP contribution in [0.15, 0.2) is 0 Å². The fourth-order valence-electron chi connectivity index (χ4n) is 2.94. The summed E-state index contributed by atoms with van der Waals surface area (Å²) in [5.74, 6) is -0.508.